The maximum absolute atomic E-state index is 12.9. The van der Waals surface area contributed by atoms with E-state index >= 15 is 0 Å². The second-order valence-electron chi connectivity index (χ2n) is 6.28. The van der Waals surface area contributed by atoms with Gasteiger partial charge in [-0.05, 0) is 18.2 Å². The Labute approximate surface area is 163 Å². The first-order chi connectivity index (χ1) is 13.6. The number of nitrogens with one attached hydrogen (secondary N) is 2. The van der Waals surface area contributed by atoms with Crippen LogP contribution in [0.2, 0.25) is 0 Å². The van der Waals surface area contributed by atoms with Gasteiger partial charge in [-0.2, -0.15) is 0 Å². The molecular formula is C19H24N4O5. The maximum atomic E-state index is 12.9. The minimum atomic E-state index is -0.446. The first kappa shape index (κ1) is 19.5. The van der Waals surface area contributed by atoms with Gasteiger partial charge < -0.3 is 29.4 Å². The lowest BCUT2D eigenvalue weighted by atomic mass is 9.95. The fraction of sp³-hybridized carbons (Fsp3) is 0.421. The van der Waals surface area contributed by atoms with Crippen LogP contribution in [0.5, 0.6) is 11.5 Å². The molecule has 9 nitrogen and oxygen atoms in total. The standard InChI is InChI=1S/C19H24N4O5/c1-26-12-4-5-15(27-2)13(10-12)18-17-14(21-11-22-17)7-9-23(18)19(25)20-8-6-16(24)28-3/h4-5,10-11,18H,6-9H2,1-3H3,(H,20,25)(H,21,22). The van der Waals surface area contributed by atoms with E-state index < -0.39 is 6.04 Å². The maximum Gasteiger partial charge on any atom is 0.318 e. The number of methoxy groups -OCH3 is 3. The van der Waals surface area contributed by atoms with Crippen LogP contribution < -0.4 is 14.8 Å². The fourth-order valence-corrected chi connectivity index (χ4v) is 3.34. The molecule has 0 fully saturated rings. The Balaban J connectivity index is 1.93. The molecule has 2 heterocycles. The summed E-state index contributed by atoms with van der Waals surface area (Å²) < 4.78 is 15.5. The van der Waals surface area contributed by atoms with Crippen molar-refractivity contribution in [2.45, 2.75) is 18.9 Å². The van der Waals surface area contributed by atoms with Crippen molar-refractivity contribution in [1.82, 2.24) is 20.2 Å². The number of esters is 1. The van der Waals surface area contributed by atoms with Crippen molar-refractivity contribution < 1.29 is 23.8 Å². The largest absolute Gasteiger partial charge is 0.497 e. The average Bonchev–Trinajstić information content (AvgIpc) is 3.21. The van der Waals surface area contributed by atoms with Crippen LogP contribution in [0.1, 0.15) is 29.4 Å². The van der Waals surface area contributed by atoms with Crippen LogP contribution in [0.3, 0.4) is 0 Å². The van der Waals surface area contributed by atoms with Crippen molar-refractivity contribution in [2.24, 2.45) is 0 Å². The highest BCUT2D eigenvalue weighted by Gasteiger charge is 2.36. The number of benzene rings is 1. The summed E-state index contributed by atoms with van der Waals surface area (Å²) in [5.41, 5.74) is 2.52. The van der Waals surface area contributed by atoms with Gasteiger partial charge >= 0.3 is 12.0 Å². The molecule has 28 heavy (non-hydrogen) atoms. The molecular weight excluding hydrogens is 364 g/mol. The molecule has 0 aliphatic carbocycles. The number of rotatable bonds is 6. The van der Waals surface area contributed by atoms with Gasteiger partial charge in [-0.3, -0.25) is 4.79 Å². The van der Waals surface area contributed by atoms with Crippen LogP contribution in [-0.2, 0) is 16.0 Å². The van der Waals surface area contributed by atoms with Crippen LogP contribution in [-0.4, -0.2) is 61.3 Å². The number of H-pyrrole nitrogens is 1. The number of imidazole rings is 1. The average molecular weight is 388 g/mol. The van der Waals surface area contributed by atoms with Gasteiger partial charge in [0.2, 0.25) is 0 Å². The number of hydrogen-bond donors (Lipinski definition) is 2. The van der Waals surface area contributed by atoms with E-state index in [0.717, 1.165) is 17.0 Å². The molecule has 2 amide bonds. The Morgan fingerprint density at radius 3 is 2.82 bits per heavy atom. The number of hydrogen-bond acceptors (Lipinski definition) is 6. The lowest BCUT2D eigenvalue weighted by Crippen LogP contribution is -2.46. The predicted octanol–water partition coefficient (Wildman–Crippen LogP) is 1.65. The molecule has 2 aromatic rings. The van der Waals surface area contributed by atoms with Crippen LogP contribution in [0.15, 0.2) is 24.5 Å². The molecule has 0 radical (unpaired) electrons. The molecule has 1 aliphatic heterocycles. The molecule has 1 atom stereocenters. The molecule has 1 aliphatic rings. The van der Waals surface area contributed by atoms with Crippen LogP contribution in [0.25, 0.3) is 0 Å². The monoisotopic (exact) mass is 388 g/mol. The molecule has 1 aromatic carbocycles. The van der Waals surface area contributed by atoms with E-state index in [1.807, 2.05) is 12.1 Å². The van der Waals surface area contributed by atoms with E-state index in [1.54, 1.807) is 31.5 Å². The van der Waals surface area contributed by atoms with Crippen molar-refractivity contribution in [3.63, 3.8) is 0 Å². The molecule has 2 N–H and O–H groups in total. The number of aromatic nitrogens is 2. The molecule has 1 unspecified atom stereocenters. The van der Waals surface area contributed by atoms with Crippen molar-refractivity contribution in [2.75, 3.05) is 34.4 Å². The van der Waals surface area contributed by atoms with Gasteiger partial charge in [-0.25, -0.2) is 9.78 Å². The van der Waals surface area contributed by atoms with Crippen molar-refractivity contribution in [3.8, 4) is 11.5 Å². The Kier molecular flexibility index (Phi) is 6.03. The van der Waals surface area contributed by atoms with Crippen LogP contribution in [0.4, 0.5) is 4.79 Å². The van der Waals surface area contributed by atoms with Gasteiger partial charge in [0.15, 0.2) is 0 Å². The van der Waals surface area contributed by atoms with E-state index in [-0.39, 0.29) is 25.0 Å². The number of fused-ring (bicyclic) bond motifs is 1. The highest BCUT2D eigenvalue weighted by atomic mass is 16.5. The molecule has 9 heteroatoms. The number of amides is 2. The number of urea groups is 1. The second-order valence-corrected chi connectivity index (χ2v) is 6.28. The third kappa shape index (κ3) is 3.88. The molecule has 0 spiro atoms. The molecule has 0 saturated carbocycles. The zero-order valence-electron chi connectivity index (χ0n) is 16.2. The minimum absolute atomic E-state index is 0.108. The van der Waals surface area contributed by atoms with E-state index in [9.17, 15) is 9.59 Å². The minimum Gasteiger partial charge on any atom is -0.497 e. The summed E-state index contributed by atoms with van der Waals surface area (Å²) in [7, 11) is 4.49. The number of ether oxygens (including phenoxy) is 3. The van der Waals surface area contributed by atoms with Gasteiger partial charge in [-0.15, -0.1) is 0 Å². The van der Waals surface area contributed by atoms with Gasteiger partial charge in [0, 0.05) is 30.8 Å². The zero-order chi connectivity index (χ0) is 20.1. The van der Waals surface area contributed by atoms with Crippen molar-refractivity contribution >= 4 is 12.0 Å². The smallest absolute Gasteiger partial charge is 0.318 e. The summed E-state index contributed by atoms with van der Waals surface area (Å²) in [6, 6.07) is 4.73. The Morgan fingerprint density at radius 2 is 2.11 bits per heavy atom. The highest BCUT2D eigenvalue weighted by molar-refractivity contribution is 5.77. The number of nitrogens with zero attached hydrogens (tertiary/aromatic N) is 2. The van der Waals surface area contributed by atoms with Gasteiger partial charge in [0.25, 0.3) is 0 Å². The first-order valence-electron chi connectivity index (χ1n) is 8.94. The zero-order valence-corrected chi connectivity index (χ0v) is 16.2. The fourth-order valence-electron chi connectivity index (χ4n) is 3.34. The number of carbonyl (C=O) groups excluding carboxylic acids is 2. The van der Waals surface area contributed by atoms with E-state index in [4.69, 9.17) is 9.47 Å². The Bertz CT molecular complexity index is 851. The SMILES string of the molecule is COC(=O)CCNC(=O)N1CCc2[nH]cnc2C1c1cc(OC)ccc1OC. The second kappa shape index (κ2) is 8.64. The van der Waals surface area contributed by atoms with E-state index in [2.05, 4.69) is 20.0 Å². The van der Waals surface area contributed by atoms with E-state index in [1.165, 1.54) is 7.11 Å². The topological polar surface area (TPSA) is 106 Å². The third-order valence-electron chi connectivity index (χ3n) is 4.75. The quantitative estimate of drug-likeness (QED) is 0.729. The lowest BCUT2D eigenvalue weighted by molar-refractivity contribution is -0.140. The molecule has 0 bridgehead atoms. The molecule has 3 rings (SSSR count). The van der Waals surface area contributed by atoms with Crippen molar-refractivity contribution in [1.29, 1.82) is 0 Å². The first-order valence-corrected chi connectivity index (χ1v) is 8.94. The number of aromatic amines is 1. The van der Waals surface area contributed by atoms with Crippen molar-refractivity contribution in [3.05, 3.63) is 41.5 Å². The highest BCUT2D eigenvalue weighted by Crippen LogP contribution is 2.39. The van der Waals surface area contributed by atoms with Gasteiger partial charge in [-0.1, -0.05) is 0 Å². The van der Waals surface area contributed by atoms with Crippen LogP contribution >= 0.6 is 0 Å². The summed E-state index contributed by atoms with van der Waals surface area (Å²) in [6.45, 7) is 0.682. The van der Waals surface area contributed by atoms with Gasteiger partial charge in [0.05, 0.1) is 39.8 Å². The van der Waals surface area contributed by atoms with Crippen LogP contribution in [0, 0.1) is 0 Å². The Hall–Kier alpha value is -3.23. The summed E-state index contributed by atoms with van der Waals surface area (Å²) in [6.07, 6.45) is 2.39. The van der Waals surface area contributed by atoms with Gasteiger partial charge in [0.1, 0.15) is 17.5 Å². The summed E-state index contributed by atoms with van der Waals surface area (Å²) in [5, 5.41) is 2.78. The third-order valence-corrected chi connectivity index (χ3v) is 4.75. The Morgan fingerprint density at radius 1 is 1.29 bits per heavy atom. The molecule has 150 valence electrons. The molecule has 0 saturated heterocycles. The summed E-state index contributed by atoms with van der Waals surface area (Å²) in [5.74, 6) is 0.915. The lowest BCUT2D eigenvalue weighted by Gasteiger charge is -2.35. The normalized spacial score (nSPS) is 15.5. The number of carbonyl (C=O) groups is 2. The summed E-state index contributed by atoms with van der Waals surface area (Å²) >= 11 is 0. The molecule has 1 aromatic heterocycles. The van der Waals surface area contributed by atoms with E-state index in [0.29, 0.717) is 24.5 Å². The summed E-state index contributed by atoms with van der Waals surface area (Å²) in [4.78, 5) is 33.5. The predicted molar refractivity (Wildman–Crippen MR) is 100 cm³/mol.